The number of nitrogens with one attached hydrogen (secondary N) is 1. The maximum Gasteiger partial charge on any atom is 0.165 e. The van der Waals surface area contributed by atoms with Crippen LogP contribution in [0.3, 0.4) is 0 Å². The van der Waals surface area contributed by atoms with Crippen molar-refractivity contribution >= 4 is 11.8 Å². The zero-order valence-corrected chi connectivity index (χ0v) is 9.96. The van der Waals surface area contributed by atoms with Gasteiger partial charge in [-0.3, -0.25) is 0 Å². The molecule has 0 bridgehead atoms. The van der Waals surface area contributed by atoms with E-state index in [4.69, 9.17) is 4.74 Å². The highest BCUT2D eigenvalue weighted by Gasteiger charge is 2.02. The molecule has 1 aromatic carbocycles. The van der Waals surface area contributed by atoms with E-state index in [9.17, 15) is 0 Å². The summed E-state index contributed by atoms with van der Waals surface area (Å²) < 4.78 is 4.99. The van der Waals surface area contributed by atoms with Crippen molar-refractivity contribution < 1.29 is 4.74 Å². The molecule has 0 fully saturated rings. The average Bonchev–Trinajstić information content (AvgIpc) is 2.79. The molecule has 16 heavy (non-hydrogen) atoms. The SMILES string of the molecule is COCCSc1ncc(-c2ccccc2)[nH]1. The molecule has 0 aliphatic heterocycles. The fourth-order valence-electron chi connectivity index (χ4n) is 1.36. The predicted octanol–water partition coefficient (Wildman–Crippen LogP) is 2.82. The summed E-state index contributed by atoms with van der Waals surface area (Å²) in [5.74, 6) is 0.915. The molecule has 0 saturated carbocycles. The standard InChI is InChI=1S/C12H14N2OS/c1-15-7-8-16-12-13-9-11(14-12)10-5-3-2-4-6-10/h2-6,9H,7-8H2,1H3,(H,13,14). The topological polar surface area (TPSA) is 37.9 Å². The van der Waals surface area contributed by atoms with E-state index in [0.717, 1.165) is 28.8 Å². The molecule has 0 radical (unpaired) electrons. The number of rotatable bonds is 5. The molecule has 0 saturated heterocycles. The number of imidazole rings is 1. The molecular weight excluding hydrogens is 220 g/mol. The fraction of sp³-hybridized carbons (Fsp3) is 0.250. The number of H-pyrrole nitrogens is 1. The third kappa shape index (κ3) is 2.87. The summed E-state index contributed by atoms with van der Waals surface area (Å²) in [6.45, 7) is 0.742. The monoisotopic (exact) mass is 234 g/mol. The number of aromatic nitrogens is 2. The van der Waals surface area contributed by atoms with E-state index in [2.05, 4.69) is 22.1 Å². The Morgan fingerprint density at radius 2 is 2.12 bits per heavy atom. The van der Waals surface area contributed by atoms with Crippen LogP contribution >= 0.6 is 11.8 Å². The van der Waals surface area contributed by atoms with Gasteiger partial charge in [0.25, 0.3) is 0 Å². The molecule has 1 N–H and O–H groups in total. The van der Waals surface area contributed by atoms with Crippen LogP contribution < -0.4 is 0 Å². The summed E-state index contributed by atoms with van der Waals surface area (Å²) in [5, 5.41) is 0.941. The van der Waals surface area contributed by atoms with Gasteiger partial charge in [-0.1, -0.05) is 42.1 Å². The van der Waals surface area contributed by atoms with Gasteiger partial charge in [-0.25, -0.2) is 4.98 Å². The Labute approximate surface area is 99.2 Å². The summed E-state index contributed by atoms with van der Waals surface area (Å²) in [6, 6.07) is 10.2. The zero-order valence-electron chi connectivity index (χ0n) is 9.14. The summed E-state index contributed by atoms with van der Waals surface area (Å²) in [5.41, 5.74) is 2.22. The number of thioether (sulfide) groups is 1. The molecule has 0 aliphatic rings. The minimum Gasteiger partial charge on any atom is -0.384 e. The molecule has 1 aromatic heterocycles. The van der Waals surface area contributed by atoms with Crippen molar-refractivity contribution in [1.29, 1.82) is 0 Å². The first-order valence-electron chi connectivity index (χ1n) is 5.12. The van der Waals surface area contributed by atoms with Gasteiger partial charge in [-0.2, -0.15) is 0 Å². The van der Waals surface area contributed by atoms with Crippen LogP contribution in [-0.2, 0) is 4.74 Å². The van der Waals surface area contributed by atoms with Gasteiger partial charge < -0.3 is 9.72 Å². The Morgan fingerprint density at radius 3 is 2.88 bits per heavy atom. The Balaban J connectivity index is 2.02. The van der Waals surface area contributed by atoms with Crippen LogP contribution in [0.2, 0.25) is 0 Å². The zero-order chi connectivity index (χ0) is 11.2. The van der Waals surface area contributed by atoms with Crippen molar-refractivity contribution in [2.24, 2.45) is 0 Å². The Kier molecular flexibility index (Phi) is 4.02. The summed E-state index contributed by atoms with van der Waals surface area (Å²) in [6.07, 6.45) is 1.87. The average molecular weight is 234 g/mol. The quantitative estimate of drug-likeness (QED) is 0.638. The van der Waals surface area contributed by atoms with Gasteiger partial charge in [0.15, 0.2) is 5.16 Å². The lowest BCUT2D eigenvalue weighted by atomic mass is 10.2. The van der Waals surface area contributed by atoms with Crippen molar-refractivity contribution in [3.63, 3.8) is 0 Å². The van der Waals surface area contributed by atoms with Gasteiger partial charge in [-0.05, 0) is 5.56 Å². The molecule has 0 unspecified atom stereocenters. The maximum absolute atomic E-state index is 4.99. The normalized spacial score (nSPS) is 10.6. The van der Waals surface area contributed by atoms with Crippen molar-refractivity contribution in [3.8, 4) is 11.3 Å². The van der Waals surface area contributed by atoms with Crippen molar-refractivity contribution in [2.45, 2.75) is 5.16 Å². The highest BCUT2D eigenvalue weighted by molar-refractivity contribution is 7.99. The summed E-state index contributed by atoms with van der Waals surface area (Å²) >= 11 is 1.67. The molecule has 0 amide bonds. The Hall–Kier alpha value is -1.26. The lowest BCUT2D eigenvalue weighted by Crippen LogP contribution is -1.91. The first-order chi connectivity index (χ1) is 7.90. The van der Waals surface area contributed by atoms with Gasteiger partial charge in [-0.15, -0.1) is 0 Å². The predicted molar refractivity (Wildman–Crippen MR) is 66.6 cm³/mol. The Morgan fingerprint density at radius 1 is 1.31 bits per heavy atom. The second-order valence-electron chi connectivity index (χ2n) is 3.31. The summed E-state index contributed by atoms with van der Waals surface area (Å²) in [4.78, 5) is 7.60. The minimum atomic E-state index is 0.742. The minimum absolute atomic E-state index is 0.742. The van der Waals surface area contributed by atoms with Crippen LogP contribution in [0.15, 0.2) is 41.7 Å². The van der Waals surface area contributed by atoms with Crippen molar-refractivity contribution in [2.75, 3.05) is 19.5 Å². The molecule has 3 nitrogen and oxygen atoms in total. The van der Waals surface area contributed by atoms with E-state index in [1.54, 1.807) is 18.9 Å². The van der Waals surface area contributed by atoms with Crippen LogP contribution in [0.25, 0.3) is 11.3 Å². The van der Waals surface area contributed by atoms with Crippen LogP contribution in [0.5, 0.6) is 0 Å². The largest absolute Gasteiger partial charge is 0.384 e. The fourth-order valence-corrected chi connectivity index (χ4v) is 2.12. The number of ether oxygens (including phenoxy) is 1. The van der Waals surface area contributed by atoms with Crippen LogP contribution in [0, 0.1) is 0 Å². The number of hydrogen-bond donors (Lipinski definition) is 1. The van der Waals surface area contributed by atoms with Gasteiger partial charge in [0, 0.05) is 12.9 Å². The maximum atomic E-state index is 4.99. The van der Waals surface area contributed by atoms with E-state index in [0.29, 0.717) is 0 Å². The lowest BCUT2D eigenvalue weighted by molar-refractivity contribution is 0.218. The molecule has 0 spiro atoms. The molecule has 1 heterocycles. The molecule has 0 atom stereocenters. The second kappa shape index (κ2) is 5.72. The highest BCUT2D eigenvalue weighted by Crippen LogP contribution is 2.20. The van der Waals surface area contributed by atoms with Crippen molar-refractivity contribution in [3.05, 3.63) is 36.5 Å². The number of nitrogens with zero attached hydrogens (tertiary/aromatic N) is 1. The molecule has 4 heteroatoms. The highest BCUT2D eigenvalue weighted by atomic mass is 32.2. The van der Waals surface area contributed by atoms with Gasteiger partial charge in [0.2, 0.25) is 0 Å². The van der Waals surface area contributed by atoms with Gasteiger partial charge >= 0.3 is 0 Å². The lowest BCUT2D eigenvalue weighted by Gasteiger charge is -1.97. The van der Waals surface area contributed by atoms with Crippen LogP contribution in [0.4, 0.5) is 0 Å². The van der Waals surface area contributed by atoms with E-state index in [1.165, 1.54) is 0 Å². The summed E-state index contributed by atoms with van der Waals surface area (Å²) in [7, 11) is 1.71. The van der Waals surface area contributed by atoms with Crippen LogP contribution in [0.1, 0.15) is 0 Å². The third-order valence-electron chi connectivity index (χ3n) is 2.16. The molecule has 0 aliphatic carbocycles. The van der Waals surface area contributed by atoms with E-state index < -0.39 is 0 Å². The van der Waals surface area contributed by atoms with E-state index >= 15 is 0 Å². The smallest absolute Gasteiger partial charge is 0.165 e. The molecule has 2 aromatic rings. The van der Waals surface area contributed by atoms with Gasteiger partial charge in [0.1, 0.15) is 0 Å². The van der Waals surface area contributed by atoms with Crippen molar-refractivity contribution in [1.82, 2.24) is 9.97 Å². The number of benzene rings is 1. The third-order valence-corrected chi connectivity index (χ3v) is 3.02. The molecule has 2 rings (SSSR count). The van der Waals surface area contributed by atoms with E-state index in [1.807, 2.05) is 24.4 Å². The number of methoxy groups -OCH3 is 1. The van der Waals surface area contributed by atoms with E-state index in [-0.39, 0.29) is 0 Å². The number of aromatic amines is 1. The van der Waals surface area contributed by atoms with Crippen LogP contribution in [-0.4, -0.2) is 29.4 Å². The first kappa shape index (κ1) is 11.2. The molecular formula is C12H14N2OS. The second-order valence-corrected chi connectivity index (χ2v) is 4.39. The Bertz CT molecular complexity index is 428. The number of hydrogen-bond acceptors (Lipinski definition) is 3. The van der Waals surface area contributed by atoms with Gasteiger partial charge in [0.05, 0.1) is 18.5 Å². The molecule has 84 valence electrons. The first-order valence-corrected chi connectivity index (χ1v) is 6.11.